The molecule has 86 valence electrons. The molecule has 5 nitrogen and oxygen atoms in total. The zero-order valence-corrected chi connectivity index (χ0v) is 9.53. The normalized spacial score (nSPS) is 12.3. The molecule has 17 heavy (non-hydrogen) atoms. The van der Waals surface area contributed by atoms with Crippen molar-refractivity contribution in [3.63, 3.8) is 0 Å². The molecule has 6 heteroatoms. The predicted octanol–water partition coefficient (Wildman–Crippen LogP) is 1.36. The smallest absolute Gasteiger partial charge is 0.240 e. The highest BCUT2D eigenvalue weighted by Crippen LogP contribution is 2.27. The molecule has 2 heterocycles. The van der Waals surface area contributed by atoms with Gasteiger partial charge in [-0.05, 0) is 6.07 Å². The van der Waals surface area contributed by atoms with Gasteiger partial charge >= 0.3 is 0 Å². The first-order valence-corrected chi connectivity index (χ1v) is 6.49. The summed E-state index contributed by atoms with van der Waals surface area (Å²) in [6, 6.07) is 7.31. The number of nitrogens with one attached hydrogen (secondary N) is 1. The summed E-state index contributed by atoms with van der Waals surface area (Å²) in [6.07, 6.45) is 3.06. The van der Waals surface area contributed by atoms with E-state index in [9.17, 15) is 8.42 Å². The lowest BCUT2D eigenvalue weighted by atomic mass is 10.1. The van der Waals surface area contributed by atoms with Crippen LogP contribution in [0.3, 0.4) is 0 Å². The third-order valence-electron chi connectivity index (χ3n) is 2.69. The van der Waals surface area contributed by atoms with E-state index >= 15 is 0 Å². The first-order chi connectivity index (χ1) is 8.07. The van der Waals surface area contributed by atoms with Gasteiger partial charge in [0.2, 0.25) is 10.0 Å². The summed E-state index contributed by atoms with van der Waals surface area (Å²) in [4.78, 5) is 7.25. The Labute approximate surface area is 97.3 Å². The van der Waals surface area contributed by atoms with Crippen molar-refractivity contribution in [1.29, 1.82) is 0 Å². The van der Waals surface area contributed by atoms with Gasteiger partial charge in [-0.3, -0.25) is 4.98 Å². The zero-order chi connectivity index (χ0) is 12.0. The van der Waals surface area contributed by atoms with Gasteiger partial charge in [-0.2, -0.15) is 0 Å². The first kappa shape index (κ1) is 10.2. The average Bonchev–Trinajstić information content (AvgIpc) is 2.72. The van der Waals surface area contributed by atoms with Crippen LogP contribution in [0.25, 0.3) is 21.8 Å². The van der Waals surface area contributed by atoms with Crippen LogP contribution >= 0.6 is 0 Å². The topological polar surface area (TPSA) is 88.8 Å². The lowest BCUT2D eigenvalue weighted by Gasteiger charge is -1.99. The molecule has 3 rings (SSSR count). The number of nitrogens with zero attached hydrogens (tertiary/aromatic N) is 1. The summed E-state index contributed by atoms with van der Waals surface area (Å²) < 4.78 is 22.8. The van der Waals surface area contributed by atoms with Crippen molar-refractivity contribution in [2.75, 3.05) is 0 Å². The predicted molar refractivity (Wildman–Crippen MR) is 65.0 cm³/mol. The number of nitrogens with two attached hydrogens (primary N) is 1. The van der Waals surface area contributed by atoms with Gasteiger partial charge in [0.25, 0.3) is 0 Å². The highest BCUT2D eigenvalue weighted by Gasteiger charge is 2.15. The van der Waals surface area contributed by atoms with Crippen molar-refractivity contribution in [2.45, 2.75) is 4.90 Å². The Hall–Kier alpha value is -1.92. The largest absolute Gasteiger partial charge is 0.358 e. The number of fused-ring (bicyclic) bond motifs is 3. The first-order valence-electron chi connectivity index (χ1n) is 4.95. The van der Waals surface area contributed by atoms with E-state index in [0.717, 1.165) is 10.9 Å². The summed E-state index contributed by atoms with van der Waals surface area (Å²) >= 11 is 0. The lowest BCUT2D eigenvalue weighted by Crippen LogP contribution is -2.11. The second kappa shape index (κ2) is 3.28. The molecule has 3 aromatic rings. The lowest BCUT2D eigenvalue weighted by molar-refractivity contribution is 0.598. The minimum atomic E-state index is -3.71. The number of pyridine rings is 1. The van der Waals surface area contributed by atoms with Gasteiger partial charge < -0.3 is 4.98 Å². The summed E-state index contributed by atoms with van der Waals surface area (Å²) in [5.41, 5.74) is 1.42. The molecule has 0 radical (unpaired) electrons. The van der Waals surface area contributed by atoms with Crippen LogP contribution in [0.1, 0.15) is 0 Å². The quantitative estimate of drug-likeness (QED) is 0.680. The highest BCUT2D eigenvalue weighted by molar-refractivity contribution is 7.89. The van der Waals surface area contributed by atoms with Crippen LogP contribution in [-0.2, 0) is 10.0 Å². The molecule has 0 aliphatic carbocycles. The van der Waals surface area contributed by atoms with Crippen molar-refractivity contribution in [1.82, 2.24) is 9.97 Å². The van der Waals surface area contributed by atoms with Crippen LogP contribution in [0.2, 0.25) is 0 Å². The number of hydrogen-bond donors (Lipinski definition) is 2. The SMILES string of the molecule is NS(=O)(=O)c1c[nH]c2c1ccc1cccnc12. The van der Waals surface area contributed by atoms with Gasteiger partial charge in [-0.1, -0.05) is 18.2 Å². The van der Waals surface area contributed by atoms with Gasteiger partial charge in [0, 0.05) is 23.2 Å². The number of aromatic amines is 1. The Morgan fingerprint density at radius 3 is 2.82 bits per heavy atom. The maximum Gasteiger partial charge on any atom is 0.240 e. The number of hydrogen-bond acceptors (Lipinski definition) is 3. The van der Waals surface area contributed by atoms with Gasteiger partial charge in [-0.25, -0.2) is 13.6 Å². The number of primary sulfonamides is 1. The third-order valence-corrected chi connectivity index (χ3v) is 3.65. The standard InChI is InChI=1S/C11H9N3O2S/c12-17(15,16)9-6-14-11-8(9)4-3-7-2-1-5-13-10(7)11/h1-6,14H,(H2,12,15,16). The summed E-state index contributed by atoms with van der Waals surface area (Å²) in [5, 5.41) is 6.66. The molecule has 0 atom stereocenters. The number of rotatable bonds is 1. The Balaban J connectivity index is 2.52. The third kappa shape index (κ3) is 1.49. The number of H-pyrrole nitrogens is 1. The molecule has 0 unspecified atom stereocenters. The Bertz CT molecular complexity index is 821. The Morgan fingerprint density at radius 2 is 2.06 bits per heavy atom. The number of sulfonamides is 1. The molecule has 0 saturated carbocycles. The average molecular weight is 247 g/mol. The fraction of sp³-hybridized carbons (Fsp3) is 0. The van der Waals surface area contributed by atoms with E-state index in [4.69, 9.17) is 5.14 Å². The van der Waals surface area contributed by atoms with E-state index in [1.54, 1.807) is 12.3 Å². The summed E-state index contributed by atoms with van der Waals surface area (Å²) in [6.45, 7) is 0. The molecule has 0 spiro atoms. The van der Waals surface area contributed by atoms with Gasteiger partial charge in [0.1, 0.15) is 4.90 Å². The van der Waals surface area contributed by atoms with Crippen molar-refractivity contribution in [2.24, 2.45) is 5.14 Å². The number of aromatic nitrogens is 2. The molecule has 2 aromatic heterocycles. The van der Waals surface area contributed by atoms with Gasteiger partial charge in [0.05, 0.1) is 11.0 Å². The van der Waals surface area contributed by atoms with Crippen LogP contribution in [0.15, 0.2) is 41.6 Å². The Kier molecular flexibility index (Phi) is 1.98. The minimum Gasteiger partial charge on any atom is -0.358 e. The summed E-state index contributed by atoms with van der Waals surface area (Å²) in [5.74, 6) is 0. The van der Waals surface area contributed by atoms with Crippen LogP contribution < -0.4 is 5.14 Å². The van der Waals surface area contributed by atoms with E-state index in [-0.39, 0.29) is 4.90 Å². The fourth-order valence-electron chi connectivity index (χ4n) is 1.95. The van der Waals surface area contributed by atoms with E-state index in [2.05, 4.69) is 9.97 Å². The minimum absolute atomic E-state index is 0.0973. The Morgan fingerprint density at radius 1 is 1.24 bits per heavy atom. The van der Waals surface area contributed by atoms with Crippen molar-refractivity contribution < 1.29 is 8.42 Å². The second-order valence-electron chi connectivity index (χ2n) is 3.76. The molecular formula is C11H9N3O2S. The molecule has 0 aliphatic rings. The van der Waals surface area contributed by atoms with Gasteiger partial charge in [-0.15, -0.1) is 0 Å². The van der Waals surface area contributed by atoms with E-state index in [1.165, 1.54) is 6.20 Å². The van der Waals surface area contributed by atoms with Crippen LogP contribution in [0.5, 0.6) is 0 Å². The van der Waals surface area contributed by atoms with Crippen LogP contribution in [0.4, 0.5) is 0 Å². The molecule has 0 aliphatic heterocycles. The summed E-state index contributed by atoms with van der Waals surface area (Å²) in [7, 11) is -3.71. The molecule has 1 aromatic carbocycles. The molecular weight excluding hydrogens is 238 g/mol. The van der Waals surface area contributed by atoms with Crippen LogP contribution in [0, 0.1) is 0 Å². The van der Waals surface area contributed by atoms with E-state index < -0.39 is 10.0 Å². The van der Waals surface area contributed by atoms with Crippen molar-refractivity contribution >= 4 is 31.8 Å². The molecule has 0 saturated heterocycles. The van der Waals surface area contributed by atoms with E-state index in [0.29, 0.717) is 10.9 Å². The molecule has 0 bridgehead atoms. The maximum absolute atomic E-state index is 11.4. The van der Waals surface area contributed by atoms with Gasteiger partial charge in [0.15, 0.2) is 0 Å². The highest BCUT2D eigenvalue weighted by atomic mass is 32.2. The molecule has 3 N–H and O–H groups in total. The maximum atomic E-state index is 11.4. The zero-order valence-electron chi connectivity index (χ0n) is 8.71. The fourth-order valence-corrected chi connectivity index (χ4v) is 2.65. The second-order valence-corrected chi connectivity index (χ2v) is 5.29. The monoisotopic (exact) mass is 247 g/mol. The van der Waals surface area contributed by atoms with E-state index in [1.807, 2.05) is 18.2 Å². The molecule has 0 amide bonds. The number of benzene rings is 1. The van der Waals surface area contributed by atoms with Crippen molar-refractivity contribution in [3.05, 3.63) is 36.7 Å². The van der Waals surface area contributed by atoms with Crippen molar-refractivity contribution in [3.8, 4) is 0 Å². The van der Waals surface area contributed by atoms with Crippen LogP contribution in [-0.4, -0.2) is 18.4 Å². The molecule has 0 fully saturated rings.